The normalized spacial score (nSPS) is 27.6. The number of nitrogens with zero attached hydrogens (tertiary/aromatic N) is 2. The van der Waals surface area contributed by atoms with E-state index in [0.29, 0.717) is 51.6 Å². The van der Waals surface area contributed by atoms with Gasteiger partial charge >= 0.3 is 5.97 Å². The van der Waals surface area contributed by atoms with Gasteiger partial charge in [0.2, 0.25) is 5.91 Å². The zero-order chi connectivity index (χ0) is 15.2. The van der Waals surface area contributed by atoms with Gasteiger partial charge in [0.25, 0.3) is 0 Å². The zero-order valence-corrected chi connectivity index (χ0v) is 12.8. The number of carboxylic acid groups (broad SMARTS) is 1. The quantitative estimate of drug-likeness (QED) is 0.813. The fourth-order valence-corrected chi connectivity index (χ4v) is 3.12. The van der Waals surface area contributed by atoms with E-state index in [1.807, 2.05) is 9.80 Å². The molecule has 1 N–H and O–H groups in total. The molecule has 2 saturated heterocycles. The van der Waals surface area contributed by atoms with Crippen molar-refractivity contribution < 1.29 is 19.4 Å². The molecule has 2 rings (SSSR count). The molecule has 6 heteroatoms. The van der Waals surface area contributed by atoms with Crippen LogP contribution in [-0.2, 0) is 14.3 Å². The average molecular weight is 298 g/mol. The summed E-state index contributed by atoms with van der Waals surface area (Å²) in [5.74, 6) is -0.103. The summed E-state index contributed by atoms with van der Waals surface area (Å²) in [6, 6.07) is -0.382. The number of hydrogen-bond acceptors (Lipinski definition) is 4. The number of aliphatic carboxylic acids is 1. The van der Waals surface area contributed by atoms with Gasteiger partial charge in [0.1, 0.15) is 6.04 Å². The number of piperidine rings is 1. The lowest BCUT2D eigenvalue weighted by atomic mass is 9.92. The summed E-state index contributed by atoms with van der Waals surface area (Å²) in [7, 11) is 0. The van der Waals surface area contributed by atoms with E-state index in [4.69, 9.17) is 4.74 Å². The van der Waals surface area contributed by atoms with Crippen LogP contribution in [0.15, 0.2) is 0 Å². The van der Waals surface area contributed by atoms with Crippen molar-refractivity contribution in [2.75, 3.05) is 39.4 Å². The van der Waals surface area contributed by atoms with E-state index in [1.54, 1.807) is 0 Å². The third kappa shape index (κ3) is 4.68. The van der Waals surface area contributed by atoms with Crippen LogP contribution in [0.25, 0.3) is 0 Å². The molecular formula is C15H26N2O4. The number of carbonyl (C=O) groups excluding carboxylic acids is 1. The maximum atomic E-state index is 12.0. The van der Waals surface area contributed by atoms with Crippen molar-refractivity contribution in [2.24, 2.45) is 5.92 Å². The minimum absolute atomic E-state index is 0.163. The maximum absolute atomic E-state index is 12.0. The average Bonchev–Trinajstić information content (AvgIpc) is 2.49. The van der Waals surface area contributed by atoms with Crippen molar-refractivity contribution in [2.45, 2.75) is 38.6 Å². The summed E-state index contributed by atoms with van der Waals surface area (Å²) < 4.78 is 5.23. The van der Waals surface area contributed by atoms with Crippen LogP contribution in [0.2, 0.25) is 0 Å². The van der Waals surface area contributed by atoms with Gasteiger partial charge < -0.3 is 14.7 Å². The van der Waals surface area contributed by atoms with E-state index < -0.39 is 5.97 Å². The van der Waals surface area contributed by atoms with Crippen molar-refractivity contribution >= 4 is 11.9 Å². The van der Waals surface area contributed by atoms with Gasteiger partial charge in [-0.2, -0.15) is 0 Å². The number of ether oxygens (including phenoxy) is 1. The molecule has 21 heavy (non-hydrogen) atoms. The predicted molar refractivity (Wildman–Crippen MR) is 78.0 cm³/mol. The van der Waals surface area contributed by atoms with Crippen LogP contribution in [0.5, 0.6) is 0 Å². The molecule has 2 unspecified atom stereocenters. The molecule has 2 atom stereocenters. The maximum Gasteiger partial charge on any atom is 0.320 e. The Kier molecular flexibility index (Phi) is 5.99. The Morgan fingerprint density at radius 3 is 2.62 bits per heavy atom. The number of carboxylic acids is 1. The van der Waals surface area contributed by atoms with Crippen LogP contribution >= 0.6 is 0 Å². The second-order valence-electron chi connectivity index (χ2n) is 6.12. The van der Waals surface area contributed by atoms with Gasteiger partial charge in [-0.15, -0.1) is 0 Å². The SMILES string of the molecule is CC1CCN(CCCC(=O)N2CCOCC2)C(C(=O)O)C1. The van der Waals surface area contributed by atoms with Gasteiger partial charge in [0.05, 0.1) is 13.2 Å². The first-order chi connectivity index (χ1) is 10.1. The summed E-state index contributed by atoms with van der Waals surface area (Å²) in [6.45, 7) is 6.22. The number of hydrogen-bond donors (Lipinski definition) is 1. The molecule has 0 spiro atoms. The Morgan fingerprint density at radius 2 is 1.95 bits per heavy atom. The highest BCUT2D eigenvalue weighted by Gasteiger charge is 2.31. The first-order valence-corrected chi connectivity index (χ1v) is 7.90. The topological polar surface area (TPSA) is 70.1 Å². The summed E-state index contributed by atoms with van der Waals surface area (Å²) >= 11 is 0. The highest BCUT2D eigenvalue weighted by molar-refractivity contribution is 5.76. The van der Waals surface area contributed by atoms with Crippen molar-refractivity contribution in [1.82, 2.24) is 9.80 Å². The minimum Gasteiger partial charge on any atom is -0.480 e. The van der Waals surface area contributed by atoms with E-state index in [1.165, 1.54) is 0 Å². The summed E-state index contributed by atoms with van der Waals surface area (Å²) in [6.07, 6.45) is 2.99. The number of amides is 1. The second kappa shape index (κ2) is 7.75. The van der Waals surface area contributed by atoms with Crippen LogP contribution < -0.4 is 0 Å². The highest BCUT2D eigenvalue weighted by atomic mass is 16.5. The molecular weight excluding hydrogens is 272 g/mol. The summed E-state index contributed by atoms with van der Waals surface area (Å²) in [5, 5.41) is 9.31. The fourth-order valence-electron chi connectivity index (χ4n) is 3.12. The van der Waals surface area contributed by atoms with E-state index in [2.05, 4.69) is 6.92 Å². The third-order valence-corrected chi connectivity index (χ3v) is 4.46. The molecule has 0 saturated carbocycles. The van der Waals surface area contributed by atoms with Crippen molar-refractivity contribution in [3.8, 4) is 0 Å². The largest absolute Gasteiger partial charge is 0.480 e. The van der Waals surface area contributed by atoms with E-state index in [9.17, 15) is 14.7 Å². The molecule has 0 radical (unpaired) electrons. The van der Waals surface area contributed by atoms with Gasteiger partial charge in [0, 0.05) is 19.5 Å². The molecule has 1 amide bonds. The van der Waals surface area contributed by atoms with Gasteiger partial charge in [-0.1, -0.05) is 6.92 Å². The lowest BCUT2D eigenvalue weighted by Crippen LogP contribution is -2.47. The van der Waals surface area contributed by atoms with E-state index in [0.717, 1.165) is 19.4 Å². The van der Waals surface area contributed by atoms with Gasteiger partial charge in [-0.3, -0.25) is 14.5 Å². The fraction of sp³-hybridized carbons (Fsp3) is 0.867. The van der Waals surface area contributed by atoms with Crippen LogP contribution in [0.1, 0.15) is 32.6 Å². The van der Waals surface area contributed by atoms with Gasteiger partial charge in [0.15, 0.2) is 0 Å². The minimum atomic E-state index is -0.735. The molecule has 2 fully saturated rings. The van der Waals surface area contributed by atoms with Crippen LogP contribution in [0, 0.1) is 5.92 Å². The second-order valence-corrected chi connectivity index (χ2v) is 6.12. The Morgan fingerprint density at radius 1 is 1.24 bits per heavy atom. The lowest BCUT2D eigenvalue weighted by Gasteiger charge is -2.36. The van der Waals surface area contributed by atoms with E-state index >= 15 is 0 Å². The molecule has 0 aliphatic carbocycles. The molecule has 0 bridgehead atoms. The van der Waals surface area contributed by atoms with Gasteiger partial charge in [-0.05, 0) is 38.3 Å². The smallest absolute Gasteiger partial charge is 0.320 e. The molecule has 6 nitrogen and oxygen atoms in total. The Balaban J connectivity index is 1.73. The Bertz CT molecular complexity index is 369. The number of morpholine rings is 1. The standard InChI is InChI=1S/C15H26N2O4/c1-12-4-6-16(13(11-12)15(19)20)5-2-3-14(18)17-7-9-21-10-8-17/h12-13H,2-11H2,1H3,(H,19,20). The van der Waals surface area contributed by atoms with Crippen molar-refractivity contribution in [3.05, 3.63) is 0 Å². The monoisotopic (exact) mass is 298 g/mol. The van der Waals surface area contributed by atoms with Crippen molar-refractivity contribution in [3.63, 3.8) is 0 Å². The van der Waals surface area contributed by atoms with Crippen LogP contribution in [-0.4, -0.2) is 72.2 Å². The van der Waals surface area contributed by atoms with E-state index in [-0.39, 0.29) is 11.9 Å². The number of carbonyl (C=O) groups is 2. The Hall–Kier alpha value is -1.14. The zero-order valence-electron chi connectivity index (χ0n) is 12.8. The molecule has 2 aliphatic heterocycles. The molecule has 2 heterocycles. The van der Waals surface area contributed by atoms with Crippen LogP contribution in [0.3, 0.4) is 0 Å². The molecule has 0 aromatic heterocycles. The number of rotatable bonds is 5. The first-order valence-electron chi connectivity index (χ1n) is 7.90. The summed E-state index contributed by atoms with van der Waals surface area (Å²) in [4.78, 5) is 27.2. The molecule has 2 aliphatic rings. The third-order valence-electron chi connectivity index (χ3n) is 4.46. The molecule has 0 aromatic carbocycles. The van der Waals surface area contributed by atoms with Crippen LogP contribution in [0.4, 0.5) is 0 Å². The number of likely N-dealkylation sites (tertiary alicyclic amines) is 1. The summed E-state index contributed by atoms with van der Waals surface area (Å²) in [5.41, 5.74) is 0. The van der Waals surface area contributed by atoms with Crippen molar-refractivity contribution in [1.29, 1.82) is 0 Å². The Labute approximate surface area is 126 Å². The lowest BCUT2D eigenvalue weighted by molar-refractivity contribution is -0.145. The molecule has 120 valence electrons. The highest BCUT2D eigenvalue weighted by Crippen LogP contribution is 2.23. The molecule has 0 aromatic rings. The predicted octanol–water partition coefficient (Wildman–Crippen LogP) is 0.811. The first kappa shape index (κ1) is 16.2. The van der Waals surface area contributed by atoms with Gasteiger partial charge in [-0.25, -0.2) is 0 Å².